The van der Waals surface area contributed by atoms with E-state index in [1.165, 1.54) is 10.6 Å². The van der Waals surface area contributed by atoms with E-state index in [1.54, 1.807) is 42.6 Å². The lowest BCUT2D eigenvalue weighted by Crippen LogP contribution is -2.36. The van der Waals surface area contributed by atoms with Gasteiger partial charge in [-0.2, -0.15) is 0 Å². The predicted octanol–water partition coefficient (Wildman–Crippen LogP) is 5.10. The SMILES string of the molecule is O=C(NC(c1ccccc1)c1ccccc1)c1cc2cccnc2n(Cc2ccccc2F)c1=O. The Balaban J connectivity index is 1.58. The molecule has 5 aromatic rings. The summed E-state index contributed by atoms with van der Waals surface area (Å²) in [5.41, 5.74) is 1.95. The highest BCUT2D eigenvalue weighted by molar-refractivity contribution is 5.97. The van der Waals surface area contributed by atoms with Gasteiger partial charge in [0, 0.05) is 17.1 Å². The first kappa shape index (κ1) is 22.2. The molecule has 0 fully saturated rings. The van der Waals surface area contributed by atoms with E-state index in [4.69, 9.17) is 0 Å². The highest BCUT2D eigenvalue weighted by atomic mass is 19.1. The molecule has 3 aromatic carbocycles. The van der Waals surface area contributed by atoms with Crippen LogP contribution < -0.4 is 10.9 Å². The topological polar surface area (TPSA) is 64.0 Å². The van der Waals surface area contributed by atoms with Gasteiger partial charge in [0.05, 0.1) is 12.6 Å². The number of carbonyl (C=O) groups excluding carboxylic acids is 1. The van der Waals surface area contributed by atoms with Crippen molar-refractivity contribution in [2.24, 2.45) is 0 Å². The molecule has 2 aromatic heterocycles. The molecule has 5 rings (SSSR count). The van der Waals surface area contributed by atoms with Gasteiger partial charge in [-0.1, -0.05) is 78.9 Å². The molecule has 0 bridgehead atoms. The third-order valence-corrected chi connectivity index (χ3v) is 5.92. The molecule has 35 heavy (non-hydrogen) atoms. The zero-order valence-electron chi connectivity index (χ0n) is 18.8. The number of benzene rings is 3. The van der Waals surface area contributed by atoms with E-state index in [0.717, 1.165) is 11.1 Å². The summed E-state index contributed by atoms with van der Waals surface area (Å²) < 4.78 is 15.7. The second-order valence-corrected chi connectivity index (χ2v) is 8.18. The van der Waals surface area contributed by atoms with Gasteiger partial charge >= 0.3 is 0 Å². The monoisotopic (exact) mass is 463 g/mol. The summed E-state index contributed by atoms with van der Waals surface area (Å²) in [5, 5.41) is 3.64. The number of hydrogen-bond donors (Lipinski definition) is 1. The molecule has 172 valence electrons. The van der Waals surface area contributed by atoms with E-state index < -0.39 is 23.3 Å². The van der Waals surface area contributed by atoms with Crippen LogP contribution in [0.2, 0.25) is 0 Å². The largest absolute Gasteiger partial charge is 0.341 e. The van der Waals surface area contributed by atoms with Crippen molar-refractivity contribution in [3.8, 4) is 0 Å². The number of pyridine rings is 2. The second kappa shape index (κ2) is 9.73. The van der Waals surface area contributed by atoms with Crippen LogP contribution in [0.3, 0.4) is 0 Å². The molecule has 0 radical (unpaired) electrons. The quantitative estimate of drug-likeness (QED) is 0.381. The lowest BCUT2D eigenvalue weighted by molar-refractivity contribution is 0.0941. The molecule has 2 heterocycles. The molecule has 0 unspecified atom stereocenters. The van der Waals surface area contributed by atoms with E-state index >= 15 is 0 Å². The smallest absolute Gasteiger partial charge is 0.265 e. The van der Waals surface area contributed by atoms with Crippen molar-refractivity contribution in [1.82, 2.24) is 14.9 Å². The maximum absolute atomic E-state index is 14.4. The van der Waals surface area contributed by atoms with Gasteiger partial charge in [0.25, 0.3) is 11.5 Å². The molecule has 6 heteroatoms. The minimum atomic E-state index is -0.531. The van der Waals surface area contributed by atoms with Crippen LogP contribution in [0, 0.1) is 5.82 Å². The van der Waals surface area contributed by atoms with E-state index in [0.29, 0.717) is 16.6 Å². The van der Waals surface area contributed by atoms with Crippen molar-refractivity contribution in [2.75, 3.05) is 0 Å². The van der Waals surface area contributed by atoms with E-state index in [1.807, 2.05) is 60.7 Å². The fraction of sp³-hybridized carbons (Fsp3) is 0.0690. The molecule has 0 aliphatic carbocycles. The number of aromatic nitrogens is 2. The van der Waals surface area contributed by atoms with Crippen LogP contribution in [0.4, 0.5) is 4.39 Å². The van der Waals surface area contributed by atoms with Gasteiger partial charge in [0.15, 0.2) is 0 Å². The lowest BCUT2D eigenvalue weighted by Gasteiger charge is -2.20. The first-order valence-corrected chi connectivity index (χ1v) is 11.2. The van der Waals surface area contributed by atoms with Crippen molar-refractivity contribution in [2.45, 2.75) is 12.6 Å². The van der Waals surface area contributed by atoms with Crippen molar-refractivity contribution in [3.05, 3.63) is 148 Å². The molecule has 0 saturated carbocycles. The van der Waals surface area contributed by atoms with Crippen LogP contribution in [0.15, 0.2) is 114 Å². The summed E-state index contributed by atoms with van der Waals surface area (Å²) in [6.45, 7) is -0.0407. The molecule has 0 saturated heterocycles. The standard InChI is InChI=1S/C29H22FN3O2/c30-25-16-8-7-14-23(25)19-33-27-22(15-9-17-31-27)18-24(29(33)35)28(34)32-26(20-10-3-1-4-11-20)21-12-5-2-6-13-21/h1-18,26H,19H2,(H,32,34). The van der Waals surface area contributed by atoms with Gasteiger partial charge in [0.2, 0.25) is 0 Å². The van der Waals surface area contributed by atoms with Gasteiger partial charge < -0.3 is 5.32 Å². The van der Waals surface area contributed by atoms with Crippen molar-refractivity contribution >= 4 is 16.9 Å². The normalized spacial score (nSPS) is 11.0. The van der Waals surface area contributed by atoms with Gasteiger partial charge in [-0.25, -0.2) is 9.37 Å². The van der Waals surface area contributed by atoms with Crippen LogP contribution >= 0.6 is 0 Å². The Labute approximate surface area is 201 Å². The molecule has 0 spiro atoms. The van der Waals surface area contributed by atoms with Crippen LogP contribution in [-0.4, -0.2) is 15.5 Å². The van der Waals surface area contributed by atoms with E-state index in [2.05, 4.69) is 10.3 Å². The maximum Gasteiger partial charge on any atom is 0.265 e. The molecule has 1 N–H and O–H groups in total. The van der Waals surface area contributed by atoms with Gasteiger partial charge in [-0.15, -0.1) is 0 Å². The van der Waals surface area contributed by atoms with Crippen LogP contribution in [0.25, 0.3) is 11.0 Å². The zero-order chi connectivity index (χ0) is 24.2. The Morgan fingerprint density at radius 2 is 1.49 bits per heavy atom. The summed E-state index contributed by atoms with van der Waals surface area (Å²) >= 11 is 0. The molecule has 1 amide bonds. The number of rotatable bonds is 6. The van der Waals surface area contributed by atoms with Crippen molar-refractivity contribution in [3.63, 3.8) is 0 Å². The summed E-state index contributed by atoms with van der Waals surface area (Å²) in [6, 6.07) is 30.0. The number of hydrogen-bond acceptors (Lipinski definition) is 3. The fourth-order valence-corrected chi connectivity index (χ4v) is 4.17. The molecular weight excluding hydrogens is 441 g/mol. The third-order valence-electron chi connectivity index (χ3n) is 5.92. The minimum absolute atomic E-state index is 0.0290. The summed E-state index contributed by atoms with van der Waals surface area (Å²) in [6.07, 6.45) is 1.57. The zero-order valence-corrected chi connectivity index (χ0v) is 18.8. The number of carbonyl (C=O) groups is 1. The molecule has 5 nitrogen and oxygen atoms in total. The van der Waals surface area contributed by atoms with E-state index in [-0.39, 0.29) is 12.1 Å². The van der Waals surface area contributed by atoms with Crippen molar-refractivity contribution < 1.29 is 9.18 Å². The number of halogens is 1. The fourth-order valence-electron chi connectivity index (χ4n) is 4.17. The minimum Gasteiger partial charge on any atom is -0.341 e. The number of fused-ring (bicyclic) bond motifs is 1. The average Bonchev–Trinajstić information content (AvgIpc) is 2.90. The van der Waals surface area contributed by atoms with Crippen LogP contribution in [0.1, 0.15) is 33.1 Å². The second-order valence-electron chi connectivity index (χ2n) is 8.18. The number of nitrogens with one attached hydrogen (secondary N) is 1. The molecule has 0 aliphatic heterocycles. The molecule has 0 atom stereocenters. The lowest BCUT2D eigenvalue weighted by atomic mass is 9.98. The Morgan fingerprint density at radius 1 is 0.857 bits per heavy atom. The molecule has 0 aliphatic rings. The predicted molar refractivity (Wildman–Crippen MR) is 134 cm³/mol. The Kier molecular flexibility index (Phi) is 6.18. The van der Waals surface area contributed by atoms with E-state index in [9.17, 15) is 14.0 Å². The van der Waals surface area contributed by atoms with Gasteiger partial charge in [0.1, 0.15) is 17.0 Å². The highest BCUT2D eigenvalue weighted by Gasteiger charge is 2.22. The van der Waals surface area contributed by atoms with Crippen LogP contribution in [-0.2, 0) is 6.54 Å². The summed E-state index contributed by atoms with van der Waals surface area (Å²) in [4.78, 5) is 31.4. The third kappa shape index (κ3) is 4.59. The summed E-state index contributed by atoms with van der Waals surface area (Å²) in [7, 11) is 0. The van der Waals surface area contributed by atoms with Gasteiger partial charge in [-0.3, -0.25) is 14.2 Å². The van der Waals surface area contributed by atoms with Crippen molar-refractivity contribution in [1.29, 1.82) is 0 Å². The summed E-state index contributed by atoms with van der Waals surface area (Å²) in [5.74, 6) is -0.938. The first-order chi connectivity index (χ1) is 17.1. The van der Waals surface area contributed by atoms with Crippen LogP contribution in [0.5, 0.6) is 0 Å². The maximum atomic E-state index is 14.4. The first-order valence-electron chi connectivity index (χ1n) is 11.2. The van der Waals surface area contributed by atoms with Gasteiger partial charge in [-0.05, 0) is 35.4 Å². The highest BCUT2D eigenvalue weighted by Crippen LogP contribution is 2.23. The number of nitrogens with zero attached hydrogens (tertiary/aromatic N) is 2. The Bertz CT molecular complexity index is 1510. The average molecular weight is 464 g/mol. The Morgan fingerprint density at radius 3 is 2.14 bits per heavy atom. The Hall–Kier alpha value is -4.58. The molecular formula is C29H22FN3O2. The number of amides is 1.